The highest BCUT2D eigenvalue weighted by atomic mass is 16.2. The van der Waals surface area contributed by atoms with Gasteiger partial charge in [0.25, 0.3) is 5.91 Å². The maximum absolute atomic E-state index is 12.6. The molecule has 5 nitrogen and oxygen atoms in total. The summed E-state index contributed by atoms with van der Waals surface area (Å²) in [5.41, 5.74) is 13.2. The van der Waals surface area contributed by atoms with Gasteiger partial charge in [0.15, 0.2) is 0 Å². The van der Waals surface area contributed by atoms with E-state index in [1.165, 1.54) is 0 Å². The quantitative estimate of drug-likeness (QED) is 0.815. The fourth-order valence-corrected chi connectivity index (χ4v) is 2.69. The summed E-state index contributed by atoms with van der Waals surface area (Å²) in [5.74, 6) is -0.646. The van der Waals surface area contributed by atoms with Crippen molar-refractivity contribution in [1.29, 1.82) is 0 Å². The summed E-state index contributed by atoms with van der Waals surface area (Å²) in [7, 11) is 0. The number of primary amides is 1. The van der Waals surface area contributed by atoms with Gasteiger partial charge >= 0.3 is 0 Å². The number of carbonyl (C=O) groups excluding carboxylic acids is 2. The summed E-state index contributed by atoms with van der Waals surface area (Å²) in [6, 6.07) is 5.34. The molecule has 0 radical (unpaired) electrons. The van der Waals surface area contributed by atoms with Gasteiger partial charge in [0, 0.05) is 17.3 Å². The Bertz CT molecular complexity index is 522. The van der Waals surface area contributed by atoms with Crippen molar-refractivity contribution in [3.8, 4) is 0 Å². The Kier molecular flexibility index (Phi) is 4.27. The Balaban J connectivity index is 2.24. The molecule has 2 amide bonds. The molecule has 0 aromatic heterocycles. The first-order chi connectivity index (χ1) is 9.49. The summed E-state index contributed by atoms with van der Waals surface area (Å²) in [6.07, 6.45) is 4.03. The molecule has 1 aliphatic rings. The second-order valence-electron chi connectivity index (χ2n) is 5.41. The highest BCUT2D eigenvalue weighted by Crippen LogP contribution is 2.25. The molecule has 0 saturated heterocycles. The molecule has 108 valence electrons. The van der Waals surface area contributed by atoms with E-state index in [2.05, 4.69) is 0 Å². The molecule has 1 aromatic carbocycles. The average Bonchev–Trinajstić information content (AvgIpc) is 2.92. The van der Waals surface area contributed by atoms with Gasteiger partial charge in [0.2, 0.25) is 5.91 Å². The Hall–Kier alpha value is -2.04. The van der Waals surface area contributed by atoms with Crippen molar-refractivity contribution in [3.05, 3.63) is 29.3 Å². The van der Waals surface area contributed by atoms with Gasteiger partial charge in [-0.3, -0.25) is 9.59 Å². The molecule has 1 aliphatic carbocycles. The fraction of sp³-hybridized carbons (Fsp3) is 0.467. The second-order valence-corrected chi connectivity index (χ2v) is 5.41. The number of carbonyl (C=O) groups is 2. The van der Waals surface area contributed by atoms with E-state index >= 15 is 0 Å². The minimum Gasteiger partial charge on any atom is -0.398 e. The summed E-state index contributed by atoms with van der Waals surface area (Å²) >= 11 is 0. The summed E-state index contributed by atoms with van der Waals surface area (Å²) < 4.78 is 0. The molecule has 1 aromatic rings. The van der Waals surface area contributed by atoms with Crippen LogP contribution in [0.4, 0.5) is 5.69 Å². The lowest BCUT2D eigenvalue weighted by Gasteiger charge is -2.28. The Morgan fingerprint density at radius 2 is 1.95 bits per heavy atom. The normalized spacial score (nSPS) is 15.2. The number of hydrogen-bond acceptors (Lipinski definition) is 3. The van der Waals surface area contributed by atoms with Crippen LogP contribution in [0.25, 0.3) is 0 Å². The van der Waals surface area contributed by atoms with Gasteiger partial charge in [-0.05, 0) is 37.5 Å². The molecule has 0 aliphatic heterocycles. The lowest BCUT2D eigenvalue weighted by molar-refractivity contribution is -0.119. The van der Waals surface area contributed by atoms with Crippen LogP contribution < -0.4 is 11.5 Å². The number of rotatable bonds is 4. The third-order valence-corrected chi connectivity index (χ3v) is 3.88. The van der Waals surface area contributed by atoms with E-state index in [0.717, 1.165) is 31.2 Å². The molecule has 5 heteroatoms. The van der Waals surface area contributed by atoms with Crippen molar-refractivity contribution in [1.82, 2.24) is 4.90 Å². The van der Waals surface area contributed by atoms with E-state index in [1.807, 2.05) is 13.0 Å². The maximum atomic E-state index is 12.6. The van der Waals surface area contributed by atoms with Crippen LogP contribution in [0, 0.1) is 6.92 Å². The van der Waals surface area contributed by atoms with Gasteiger partial charge < -0.3 is 16.4 Å². The third kappa shape index (κ3) is 3.10. The molecule has 0 heterocycles. The van der Waals surface area contributed by atoms with E-state index in [4.69, 9.17) is 11.5 Å². The molecule has 0 unspecified atom stereocenters. The lowest BCUT2D eigenvalue weighted by Crippen LogP contribution is -2.44. The standard InChI is InChI=1S/C15H21N3O2/c1-10-6-7-11(8-13(10)16)15(20)18(9-14(17)19)12-4-2-3-5-12/h6-8,12H,2-5,9,16H2,1H3,(H2,17,19). The monoisotopic (exact) mass is 275 g/mol. The lowest BCUT2D eigenvalue weighted by atomic mass is 10.1. The number of hydrogen-bond donors (Lipinski definition) is 2. The van der Waals surface area contributed by atoms with Crippen molar-refractivity contribution in [3.63, 3.8) is 0 Å². The number of nitrogens with two attached hydrogens (primary N) is 2. The summed E-state index contributed by atoms with van der Waals surface area (Å²) in [5, 5.41) is 0. The van der Waals surface area contributed by atoms with Gasteiger partial charge in [-0.2, -0.15) is 0 Å². The van der Waals surface area contributed by atoms with E-state index in [0.29, 0.717) is 11.3 Å². The number of amides is 2. The average molecular weight is 275 g/mol. The smallest absolute Gasteiger partial charge is 0.254 e. The fourth-order valence-electron chi connectivity index (χ4n) is 2.69. The molecule has 0 spiro atoms. The van der Waals surface area contributed by atoms with Crippen LogP contribution in [0.2, 0.25) is 0 Å². The van der Waals surface area contributed by atoms with Crippen LogP contribution in [0.15, 0.2) is 18.2 Å². The maximum Gasteiger partial charge on any atom is 0.254 e. The van der Waals surface area contributed by atoms with Crippen LogP contribution >= 0.6 is 0 Å². The van der Waals surface area contributed by atoms with Crippen molar-refractivity contribution in [2.75, 3.05) is 12.3 Å². The van der Waals surface area contributed by atoms with Gasteiger partial charge in [-0.25, -0.2) is 0 Å². The topological polar surface area (TPSA) is 89.4 Å². The first-order valence-corrected chi connectivity index (χ1v) is 6.94. The molecule has 0 bridgehead atoms. The minimum absolute atomic E-state index is 0.0305. The number of benzene rings is 1. The summed E-state index contributed by atoms with van der Waals surface area (Å²) in [4.78, 5) is 25.4. The molecular formula is C15H21N3O2. The summed E-state index contributed by atoms with van der Waals surface area (Å²) in [6.45, 7) is 1.86. The highest BCUT2D eigenvalue weighted by molar-refractivity contribution is 5.97. The van der Waals surface area contributed by atoms with Crippen molar-refractivity contribution < 1.29 is 9.59 Å². The highest BCUT2D eigenvalue weighted by Gasteiger charge is 2.28. The van der Waals surface area contributed by atoms with Crippen LogP contribution in [-0.2, 0) is 4.79 Å². The predicted molar refractivity (Wildman–Crippen MR) is 78.1 cm³/mol. The van der Waals surface area contributed by atoms with E-state index in [-0.39, 0.29) is 18.5 Å². The van der Waals surface area contributed by atoms with Gasteiger partial charge in [0.1, 0.15) is 0 Å². The van der Waals surface area contributed by atoms with E-state index < -0.39 is 5.91 Å². The van der Waals surface area contributed by atoms with Gasteiger partial charge in [0.05, 0.1) is 6.54 Å². The van der Waals surface area contributed by atoms with Crippen molar-refractivity contribution in [2.24, 2.45) is 5.73 Å². The Morgan fingerprint density at radius 3 is 2.50 bits per heavy atom. The van der Waals surface area contributed by atoms with Gasteiger partial charge in [-0.1, -0.05) is 18.9 Å². The van der Waals surface area contributed by atoms with E-state index in [1.54, 1.807) is 17.0 Å². The number of nitrogens with zero attached hydrogens (tertiary/aromatic N) is 1. The van der Waals surface area contributed by atoms with Crippen LogP contribution in [0.3, 0.4) is 0 Å². The molecule has 1 fully saturated rings. The first kappa shape index (κ1) is 14.4. The zero-order valence-electron chi connectivity index (χ0n) is 11.8. The largest absolute Gasteiger partial charge is 0.398 e. The molecule has 4 N–H and O–H groups in total. The van der Waals surface area contributed by atoms with Crippen molar-refractivity contribution >= 4 is 17.5 Å². The predicted octanol–water partition coefficient (Wildman–Crippen LogP) is 1.45. The molecule has 0 atom stereocenters. The molecule has 1 saturated carbocycles. The zero-order chi connectivity index (χ0) is 14.7. The van der Waals surface area contributed by atoms with Gasteiger partial charge in [-0.15, -0.1) is 0 Å². The van der Waals surface area contributed by atoms with Crippen LogP contribution in [0.5, 0.6) is 0 Å². The number of anilines is 1. The zero-order valence-corrected chi connectivity index (χ0v) is 11.8. The Morgan fingerprint density at radius 1 is 1.30 bits per heavy atom. The Labute approximate surface area is 118 Å². The van der Waals surface area contributed by atoms with Crippen molar-refractivity contribution in [2.45, 2.75) is 38.6 Å². The minimum atomic E-state index is -0.481. The number of aryl methyl sites for hydroxylation is 1. The third-order valence-electron chi connectivity index (χ3n) is 3.88. The SMILES string of the molecule is Cc1ccc(C(=O)N(CC(N)=O)C2CCCC2)cc1N. The van der Waals surface area contributed by atoms with E-state index in [9.17, 15) is 9.59 Å². The van der Waals surface area contributed by atoms with Crippen LogP contribution in [-0.4, -0.2) is 29.3 Å². The molecule has 20 heavy (non-hydrogen) atoms. The second kappa shape index (κ2) is 5.94. The number of nitrogen functional groups attached to an aromatic ring is 1. The van der Waals surface area contributed by atoms with Crippen LogP contribution in [0.1, 0.15) is 41.6 Å². The molecule has 2 rings (SSSR count). The molecular weight excluding hydrogens is 254 g/mol. The first-order valence-electron chi connectivity index (χ1n) is 6.94.